The van der Waals surface area contributed by atoms with E-state index in [0.29, 0.717) is 49.7 Å². The Kier molecular flexibility index (Phi) is 4.96. The van der Waals surface area contributed by atoms with Crippen LogP contribution in [0.1, 0.15) is 12.0 Å². The summed E-state index contributed by atoms with van der Waals surface area (Å²) in [6.45, 7) is 1.71. The summed E-state index contributed by atoms with van der Waals surface area (Å²) in [5.74, 6) is 0.152. The fourth-order valence-electron chi connectivity index (χ4n) is 3.32. The molecule has 2 aromatic rings. The number of ether oxygens (including phenoxy) is 1. The fraction of sp³-hybridized carbons (Fsp3) is 0.316. The molecule has 0 unspecified atom stereocenters. The van der Waals surface area contributed by atoms with Crippen LogP contribution in [-0.2, 0) is 9.53 Å². The molecule has 1 saturated heterocycles. The quantitative estimate of drug-likeness (QED) is 0.768. The predicted octanol–water partition coefficient (Wildman–Crippen LogP) is 2.50. The van der Waals surface area contributed by atoms with Crippen LogP contribution >= 0.6 is 0 Å². The minimum absolute atomic E-state index is 0.305. The van der Waals surface area contributed by atoms with Gasteiger partial charge >= 0.3 is 6.09 Å². The van der Waals surface area contributed by atoms with Gasteiger partial charge < -0.3 is 19.5 Å². The molecule has 1 aromatic carbocycles. The van der Waals surface area contributed by atoms with Crippen LogP contribution in [0.2, 0.25) is 0 Å². The molecule has 8 nitrogen and oxygen atoms in total. The van der Waals surface area contributed by atoms with E-state index in [4.69, 9.17) is 9.26 Å². The molecule has 9 heteroatoms. The lowest BCUT2D eigenvalue weighted by molar-refractivity contribution is -0.117. The Bertz CT molecular complexity index is 899. The molecule has 1 N–H and O–H groups in total. The van der Waals surface area contributed by atoms with Crippen molar-refractivity contribution in [1.29, 1.82) is 0 Å². The van der Waals surface area contributed by atoms with E-state index in [1.165, 1.54) is 17.2 Å². The van der Waals surface area contributed by atoms with Gasteiger partial charge in [-0.2, -0.15) is 0 Å². The Balaban J connectivity index is 1.43. The van der Waals surface area contributed by atoms with Crippen molar-refractivity contribution in [3.63, 3.8) is 0 Å². The Hall–Kier alpha value is -3.36. The maximum Gasteiger partial charge on any atom is 0.414 e. The van der Waals surface area contributed by atoms with Crippen LogP contribution in [0.3, 0.4) is 0 Å². The lowest BCUT2D eigenvalue weighted by atomic mass is 9.98. The van der Waals surface area contributed by atoms with Crippen molar-refractivity contribution in [2.24, 2.45) is 0 Å². The number of halogens is 1. The molecule has 4 rings (SSSR count). The van der Waals surface area contributed by atoms with Crippen molar-refractivity contribution >= 4 is 29.6 Å². The first-order chi connectivity index (χ1) is 13.6. The molecule has 2 aliphatic heterocycles. The van der Waals surface area contributed by atoms with Crippen molar-refractivity contribution in [2.45, 2.75) is 12.5 Å². The van der Waals surface area contributed by atoms with Crippen molar-refractivity contribution in [3.05, 3.63) is 48.0 Å². The monoisotopic (exact) mass is 386 g/mol. The molecular formula is C19H19FN4O4. The standard InChI is InChI=1S/C19H19FN4O4/c20-17-9-14(1-2-16(17)13-3-6-23(12-25)7-4-13)24-11-15(28-19(24)26)10-21-18-5-8-27-22-18/h1-3,5,8-9,12,15H,4,6-7,10-11H2,(H,21,22)/t15-/m0/s1. The molecule has 2 aliphatic rings. The molecule has 0 spiro atoms. The average molecular weight is 386 g/mol. The van der Waals surface area contributed by atoms with Gasteiger partial charge in [0.1, 0.15) is 18.2 Å². The van der Waals surface area contributed by atoms with Gasteiger partial charge in [-0.25, -0.2) is 9.18 Å². The van der Waals surface area contributed by atoms with Gasteiger partial charge in [-0.1, -0.05) is 11.2 Å². The SMILES string of the molecule is O=CN1CC=C(c2ccc(N3C[C@H](CNc4ccon4)OC3=O)cc2F)CC1. The largest absolute Gasteiger partial charge is 0.442 e. The molecule has 0 aliphatic carbocycles. The third kappa shape index (κ3) is 3.68. The number of hydrogen-bond donors (Lipinski definition) is 1. The van der Waals surface area contributed by atoms with Gasteiger partial charge in [-0.05, 0) is 30.2 Å². The number of aromatic nitrogens is 1. The maximum atomic E-state index is 14.7. The minimum Gasteiger partial charge on any atom is -0.442 e. The zero-order valence-corrected chi connectivity index (χ0v) is 15.0. The topological polar surface area (TPSA) is 87.9 Å². The lowest BCUT2D eigenvalue weighted by Gasteiger charge is -2.23. The first kappa shape index (κ1) is 18.0. The number of nitrogens with zero attached hydrogens (tertiary/aromatic N) is 3. The molecule has 146 valence electrons. The number of amides is 2. The number of hydrogen-bond acceptors (Lipinski definition) is 6. The summed E-state index contributed by atoms with van der Waals surface area (Å²) < 4.78 is 24.8. The summed E-state index contributed by atoms with van der Waals surface area (Å²) in [7, 11) is 0. The highest BCUT2D eigenvalue weighted by molar-refractivity contribution is 5.90. The smallest absolute Gasteiger partial charge is 0.414 e. The van der Waals surface area contributed by atoms with E-state index in [1.54, 1.807) is 23.1 Å². The van der Waals surface area contributed by atoms with Crippen LogP contribution in [0.25, 0.3) is 5.57 Å². The zero-order valence-electron chi connectivity index (χ0n) is 15.0. The number of carbonyl (C=O) groups excluding carboxylic acids is 2. The number of nitrogens with one attached hydrogen (secondary N) is 1. The normalized spacial score (nSPS) is 19.4. The van der Waals surface area contributed by atoms with Gasteiger partial charge in [0.05, 0.1) is 18.8 Å². The van der Waals surface area contributed by atoms with E-state index < -0.39 is 11.9 Å². The highest BCUT2D eigenvalue weighted by Gasteiger charge is 2.32. The number of cyclic esters (lactones) is 1. The van der Waals surface area contributed by atoms with E-state index in [2.05, 4.69) is 10.5 Å². The highest BCUT2D eigenvalue weighted by Crippen LogP contribution is 2.29. The number of rotatable bonds is 6. The van der Waals surface area contributed by atoms with Crippen LogP contribution in [0.15, 0.2) is 41.1 Å². The van der Waals surface area contributed by atoms with E-state index in [9.17, 15) is 14.0 Å². The van der Waals surface area contributed by atoms with Crippen molar-refractivity contribution in [2.75, 3.05) is 36.4 Å². The summed E-state index contributed by atoms with van der Waals surface area (Å²) in [4.78, 5) is 26.0. The van der Waals surface area contributed by atoms with E-state index >= 15 is 0 Å². The van der Waals surface area contributed by atoms with Crippen LogP contribution in [0.5, 0.6) is 0 Å². The Morgan fingerprint density at radius 2 is 2.25 bits per heavy atom. The van der Waals surface area contributed by atoms with E-state index in [0.717, 1.165) is 12.0 Å². The second kappa shape index (κ2) is 7.71. The first-order valence-electron chi connectivity index (χ1n) is 8.95. The molecule has 3 heterocycles. The Morgan fingerprint density at radius 3 is 2.93 bits per heavy atom. The minimum atomic E-state index is -0.516. The number of anilines is 2. The fourth-order valence-corrected chi connectivity index (χ4v) is 3.32. The summed E-state index contributed by atoms with van der Waals surface area (Å²) >= 11 is 0. The maximum absolute atomic E-state index is 14.7. The lowest BCUT2D eigenvalue weighted by Crippen LogP contribution is -2.27. The third-order valence-corrected chi connectivity index (χ3v) is 4.82. The van der Waals surface area contributed by atoms with Gasteiger partial charge in [0, 0.05) is 24.7 Å². The summed E-state index contributed by atoms with van der Waals surface area (Å²) in [5, 5.41) is 6.74. The number of carbonyl (C=O) groups is 2. The van der Waals surface area contributed by atoms with Crippen LogP contribution < -0.4 is 10.2 Å². The van der Waals surface area contributed by atoms with Crippen molar-refractivity contribution in [3.8, 4) is 0 Å². The van der Waals surface area contributed by atoms with Gasteiger partial charge in [0.2, 0.25) is 6.41 Å². The van der Waals surface area contributed by atoms with Gasteiger partial charge in [0.25, 0.3) is 0 Å². The molecule has 0 radical (unpaired) electrons. The molecule has 1 aromatic heterocycles. The summed E-state index contributed by atoms with van der Waals surface area (Å²) in [6, 6.07) is 6.38. The van der Waals surface area contributed by atoms with Gasteiger partial charge in [0.15, 0.2) is 5.82 Å². The van der Waals surface area contributed by atoms with Gasteiger partial charge in [-0.3, -0.25) is 9.69 Å². The van der Waals surface area contributed by atoms with Crippen LogP contribution in [0.4, 0.5) is 20.7 Å². The molecule has 28 heavy (non-hydrogen) atoms. The molecular weight excluding hydrogens is 367 g/mol. The van der Waals surface area contributed by atoms with Gasteiger partial charge in [-0.15, -0.1) is 0 Å². The van der Waals surface area contributed by atoms with E-state index in [-0.39, 0.29) is 6.10 Å². The second-order valence-corrected chi connectivity index (χ2v) is 6.63. The molecule has 0 bridgehead atoms. The third-order valence-electron chi connectivity index (χ3n) is 4.82. The molecule has 2 amide bonds. The first-order valence-corrected chi connectivity index (χ1v) is 8.95. The molecule has 0 saturated carbocycles. The van der Waals surface area contributed by atoms with Crippen LogP contribution in [0, 0.1) is 5.82 Å². The average Bonchev–Trinajstić information content (AvgIpc) is 3.36. The summed E-state index contributed by atoms with van der Waals surface area (Å²) in [5.41, 5.74) is 1.80. The van der Waals surface area contributed by atoms with Crippen LogP contribution in [-0.4, -0.2) is 54.8 Å². The predicted molar refractivity (Wildman–Crippen MR) is 99.2 cm³/mol. The second-order valence-electron chi connectivity index (χ2n) is 6.63. The molecule has 1 atom stereocenters. The van der Waals surface area contributed by atoms with Crippen molar-refractivity contribution in [1.82, 2.24) is 10.1 Å². The number of benzene rings is 1. The molecule has 1 fully saturated rings. The Morgan fingerprint density at radius 1 is 1.36 bits per heavy atom. The zero-order chi connectivity index (χ0) is 19.5. The Labute approximate surface area is 160 Å². The highest BCUT2D eigenvalue weighted by atomic mass is 19.1. The van der Waals surface area contributed by atoms with E-state index in [1.807, 2.05) is 6.08 Å². The van der Waals surface area contributed by atoms with Crippen molar-refractivity contribution < 1.29 is 23.2 Å². The summed E-state index contributed by atoms with van der Waals surface area (Å²) in [6.07, 6.45) is 3.78.